The van der Waals surface area contributed by atoms with Crippen molar-refractivity contribution in [1.82, 2.24) is 10.6 Å². The lowest BCUT2D eigenvalue weighted by Gasteiger charge is -2.23. The van der Waals surface area contributed by atoms with Gasteiger partial charge in [0.1, 0.15) is 11.4 Å². The van der Waals surface area contributed by atoms with Gasteiger partial charge in [-0.1, -0.05) is 0 Å². The average molecular weight is 331 g/mol. The third-order valence-corrected chi connectivity index (χ3v) is 3.30. The van der Waals surface area contributed by atoms with E-state index >= 15 is 0 Å². The zero-order chi connectivity index (χ0) is 14.0. The van der Waals surface area contributed by atoms with Crippen molar-refractivity contribution in [3.8, 4) is 0 Å². The van der Waals surface area contributed by atoms with E-state index < -0.39 is 11.7 Å². The van der Waals surface area contributed by atoms with Crippen molar-refractivity contribution in [2.45, 2.75) is 38.3 Å². The summed E-state index contributed by atoms with van der Waals surface area (Å²) in [6, 6.07) is 3.76. The molecule has 1 aromatic heterocycles. The Morgan fingerprint density at radius 2 is 2.21 bits per heavy atom. The highest BCUT2D eigenvalue weighted by Gasteiger charge is 2.33. The second-order valence-electron chi connectivity index (χ2n) is 5.66. The van der Waals surface area contributed by atoms with E-state index in [2.05, 4.69) is 26.6 Å². The van der Waals surface area contributed by atoms with E-state index in [0.29, 0.717) is 11.2 Å². The highest BCUT2D eigenvalue weighted by atomic mass is 79.9. The Balaban J connectivity index is 1.98. The topological polar surface area (TPSA) is 63.5 Å². The van der Waals surface area contributed by atoms with Crippen LogP contribution in [0.15, 0.2) is 21.2 Å². The maximum atomic E-state index is 11.8. The summed E-state index contributed by atoms with van der Waals surface area (Å²) in [7, 11) is 0. The molecule has 0 radical (unpaired) electrons. The number of ether oxygens (including phenoxy) is 1. The van der Waals surface area contributed by atoms with Crippen molar-refractivity contribution in [2.75, 3.05) is 13.1 Å². The Kier molecular flexibility index (Phi) is 4.20. The molecule has 2 N–H and O–H groups in total. The Hall–Kier alpha value is -1.01. The van der Waals surface area contributed by atoms with Gasteiger partial charge in [0.2, 0.25) is 0 Å². The molecule has 6 heteroatoms. The first kappa shape index (κ1) is 14.4. The van der Waals surface area contributed by atoms with Gasteiger partial charge in [0.15, 0.2) is 4.67 Å². The van der Waals surface area contributed by atoms with Crippen molar-refractivity contribution < 1.29 is 13.9 Å². The third kappa shape index (κ3) is 3.98. The van der Waals surface area contributed by atoms with Crippen LogP contribution in [0.3, 0.4) is 0 Å². The predicted molar refractivity (Wildman–Crippen MR) is 75.2 cm³/mol. The number of carbonyl (C=O) groups is 1. The second-order valence-corrected chi connectivity index (χ2v) is 6.44. The van der Waals surface area contributed by atoms with Crippen molar-refractivity contribution in [3.63, 3.8) is 0 Å². The summed E-state index contributed by atoms with van der Waals surface area (Å²) in [6.07, 6.45) is -0.392. The number of hydrogen-bond donors (Lipinski definition) is 2. The minimum absolute atomic E-state index is 0.0205. The Morgan fingerprint density at radius 1 is 1.47 bits per heavy atom. The van der Waals surface area contributed by atoms with Crippen LogP contribution in [0.1, 0.15) is 32.4 Å². The average Bonchev–Trinajstić information content (AvgIpc) is 2.83. The molecule has 0 unspecified atom stereocenters. The number of furan rings is 1. The van der Waals surface area contributed by atoms with E-state index in [1.165, 1.54) is 0 Å². The van der Waals surface area contributed by atoms with Gasteiger partial charge in [0.25, 0.3) is 0 Å². The molecule has 0 saturated carbocycles. The molecule has 1 aliphatic rings. The highest BCUT2D eigenvalue weighted by Crippen LogP contribution is 2.27. The van der Waals surface area contributed by atoms with Crippen molar-refractivity contribution in [2.24, 2.45) is 0 Å². The Labute approximate surface area is 121 Å². The van der Waals surface area contributed by atoms with Gasteiger partial charge in [0, 0.05) is 13.1 Å². The van der Waals surface area contributed by atoms with Crippen molar-refractivity contribution in [3.05, 3.63) is 22.6 Å². The number of carbonyl (C=O) groups excluding carboxylic acids is 1. The zero-order valence-electron chi connectivity index (χ0n) is 11.3. The van der Waals surface area contributed by atoms with Crippen LogP contribution in [-0.4, -0.2) is 30.8 Å². The normalized spacial score (nSPS) is 23.4. The number of amides is 1. The molecule has 2 rings (SSSR count). The van der Waals surface area contributed by atoms with Gasteiger partial charge in [-0.25, -0.2) is 4.79 Å². The van der Waals surface area contributed by atoms with Crippen LogP contribution < -0.4 is 10.6 Å². The molecule has 1 aromatic rings. The van der Waals surface area contributed by atoms with E-state index in [1.54, 1.807) is 0 Å². The monoisotopic (exact) mass is 330 g/mol. The number of nitrogens with one attached hydrogen (secondary N) is 2. The Bertz CT molecular complexity index is 453. The second kappa shape index (κ2) is 5.54. The van der Waals surface area contributed by atoms with Crippen LogP contribution in [0.25, 0.3) is 0 Å². The first-order valence-electron chi connectivity index (χ1n) is 6.30. The molecular formula is C13H19BrN2O3. The summed E-state index contributed by atoms with van der Waals surface area (Å²) in [6.45, 7) is 7.03. The molecule has 0 aromatic carbocycles. The fraction of sp³-hybridized carbons (Fsp3) is 0.615. The van der Waals surface area contributed by atoms with Crippen LogP contribution in [0.5, 0.6) is 0 Å². The molecule has 106 valence electrons. The lowest BCUT2D eigenvalue weighted by atomic mass is 10.0. The third-order valence-electron chi connectivity index (χ3n) is 2.88. The summed E-state index contributed by atoms with van der Waals surface area (Å²) >= 11 is 3.29. The first-order valence-corrected chi connectivity index (χ1v) is 7.10. The molecular weight excluding hydrogens is 312 g/mol. The van der Waals surface area contributed by atoms with Gasteiger partial charge in [-0.3, -0.25) is 0 Å². The molecule has 1 fully saturated rings. The minimum atomic E-state index is -0.487. The molecule has 0 aliphatic carbocycles. The molecule has 2 heterocycles. The number of alkyl carbamates (subject to hydrolysis) is 1. The molecule has 1 saturated heterocycles. The number of halogens is 1. The standard InChI is InChI=1S/C13H19BrN2O3/c1-13(2,3)19-12(17)16-9-7-15-6-8(9)10-4-5-11(14)18-10/h4-5,8-9,15H,6-7H2,1-3H3,(H,16,17)/t8-,9-/m0/s1. The van der Waals surface area contributed by atoms with Gasteiger partial charge < -0.3 is 19.8 Å². The van der Waals surface area contributed by atoms with Crippen LogP contribution in [0.2, 0.25) is 0 Å². The largest absolute Gasteiger partial charge is 0.454 e. The first-order chi connectivity index (χ1) is 8.85. The summed E-state index contributed by atoms with van der Waals surface area (Å²) in [4.78, 5) is 11.8. The summed E-state index contributed by atoms with van der Waals surface area (Å²) in [5.41, 5.74) is -0.487. The Morgan fingerprint density at radius 3 is 2.79 bits per heavy atom. The summed E-state index contributed by atoms with van der Waals surface area (Å²) in [5.74, 6) is 0.983. The molecule has 0 spiro atoms. The van der Waals surface area contributed by atoms with E-state index in [1.807, 2.05) is 32.9 Å². The molecule has 2 atom stereocenters. The van der Waals surface area contributed by atoms with Crippen LogP contribution in [0, 0.1) is 0 Å². The smallest absolute Gasteiger partial charge is 0.407 e. The lowest BCUT2D eigenvalue weighted by Crippen LogP contribution is -2.42. The van der Waals surface area contributed by atoms with E-state index in [-0.39, 0.29) is 12.0 Å². The van der Waals surface area contributed by atoms with Crippen molar-refractivity contribution in [1.29, 1.82) is 0 Å². The van der Waals surface area contributed by atoms with E-state index in [9.17, 15) is 4.79 Å². The molecule has 5 nitrogen and oxygen atoms in total. The quantitative estimate of drug-likeness (QED) is 0.874. The molecule has 1 aliphatic heterocycles. The SMILES string of the molecule is CC(C)(C)OC(=O)N[C@H]1CNC[C@@H]1c1ccc(Br)o1. The van der Waals surface area contributed by atoms with Crippen LogP contribution in [0.4, 0.5) is 4.79 Å². The fourth-order valence-electron chi connectivity index (χ4n) is 2.12. The van der Waals surface area contributed by atoms with Crippen LogP contribution >= 0.6 is 15.9 Å². The van der Waals surface area contributed by atoms with E-state index in [4.69, 9.17) is 9.15 Å². The number of hydrogen-bond acceptors (Lipinski definition) is 4. The zero-order valence-corrected chi connectivity index (χ0v) is 12.9. The van der Waals surface area contributed by atoms with Crippen LogP contribution in [-0.2, 0) is 4.74 Å². The van der Waals surface area contributed by atoms with Gasteiger partial charge in [-0.15, -0.1) is 0 Å². The van der Waals surface area contributed by atoms with Gasteiger partial charge in [0.05, 0.1) is 12.0 Å². The molecule has 19 heavy (non-hydrogen) atoms. The summed E-state index contributed by atoms with van der Waals surface area (Å²) in [5, 5.41) is 6.15. The molecule has 1 amide bonds. The molecule has 0 bridgehead atoms. The van der Waals surface area contributed by atoms with E-state index in [0.717, 1.165) is 12.3 Å². The highest BCUT2D eigenvalue weighted by molar-refractivity contribution is 9.10. The summed E-state index contributed by atoms with van der Waals surface area (Å²) < 4.78 is 11.5. The number of rotatable bonds is 2. The lowest BCUT2D eigenvalue weighted by molar-refractivity contribution is 0.0503. The maximum Gasteiger partial charge on any atom is 0.407 e. The minimum Gasteiger partial charge on any atom is -0.454 e. The van der Waals surface area contributed by atoms with Gasteiger partial charge in [-0.2, -0.15) is 0 Å². The fourth-order valence-corrected chi connectivity index (χ4v) is 2.43. The predicted octanol–water partition coefficient (Wildman–Crippen LogP) is 2.62. The van der Waals surface area contributed by atoms with Gasteiger partial charge >= 0.3 is 6.09 Å². The van der Waals surface area contributed by atoms with Crippen molar-refractivity contribution >= 4 is 22.0 Å². The maximum absolute atomic E-state index is 11.8. The van der Waals surface area contributed by atoms with Gasteiger partial charge in [-0.05, 0) is 48.8 Å².